The molecule has 0 aromatic carbocycles. The molecule has 2 unspecified atom stereocenters. The SMILES string of the molecule is Cc1cncc(C(C)(O)C2CCCNC2)c1. The van der Waals surface area contributed by atoms with Gasteiger partial charge in [-0.25, -0.2) is 0 Å². The number of rotatable bonds is 2. The molecule has 3 heteroatoms. The maximum Gasteiger partial charge on any atom is 0.0923 e. The summed E-state index contributed by atoms with van der Waals surface area (Å²) in [5.41, 5.74) is 1.26. The molecule has 1 saturated heterocycles. The van der Waals surface area contributed by atoms with E-state index < -0.39 is 5.60 Å². The quantitative estimate of drug-likeness (QED) is 0.795. The van der Waals surface area contributed by atoms with Gasteiger partial charge < -0.3 is 10.4 Å². The summed E-state index contributed by atoms with van der Waals surface area (Å²) in [4.78, 5) is 4.16. The number of aromatic nitrogens is 1. The maximum absolute atomic E-state index is 10.7. The minimum Gasteiger partial charge on any atom is -0.385 e. The molecular formula is C13H20N2O. The van der Waals surface area contributed by atoms with Crippen LogP contribution in [-0.2, 0) is 5.60 Å². The highest BCUT2D eigenvalue weighted by molar-refractivity contribution is 5.23. The van der Waals surface area contributed by atoms with Crippen molar-refractivity contribution < 1.29 is 5.11 Å². The van der Waals surface area contributed by atoms with Crippen molar-refractivity contribution in [2.75, 3.05) is 13.1 Å². The number of hydrogen-bond donors (Lipinski definition) is 2. The van der Waals surface area contributed by atoms with Gasteiger partial charge in [0, 0.05) is 30.4 Å². The highest BCUT2D eigenvalue weighted by atomic mass is 16.3. The van der Waals surface area contributed by atoms with Crippen LogP contribution in [0, 0.1) is 12.8 Å². The predicted molar refractivity (Wildman–Crippen MR) is 64.1 cm³/mol. The average Bonchev–Trinajstić information content (AvgIpc) is 2.30. The minimum absolute atomic E-state index is 0.282. The number of aliphatic hydroxyl groups is 1. The standard InChI is InChI=1S/C13H20N2O/c1-10-6-12(9-15-7-10)13(2,16)11-4-3-5-14-8-11/h6-7,9,11,14,16H,3-5,8H2,1-2H3. The molecule has 1 aliphatic rings. The fourth-order valence-corrected chi connectivity index (χ4v) is 2.40. The number of hydrogen-bond acceptors (Lipinski definition) is 3. The molecule has 1 aromatic rings. The van der Waals surface area contributed by atoms with Gasteiger partial charge in [-0.15, -0.1) is 0 Å². The lowest BCUT2D eigenvalue weighted by molar-refractivity contribution is -0.0159. The molecule has 0 aliphatic carbocycles. The van der Waals surface area contributed by atoms with Crippen LogP contribution in [0.15, 0.2) is 18.5 Å². The lowest BCUT2D eigenvalue weighted by Crippen LogP contribution is -2.42. The molecule has 0 radical (unpaired) electrons. The van der Waals surface area contributed by atoms with Gasteiger partial charge in [-0.3, -0.25) is 4.98 Å². The first-order valence-electron chi connectivity index (χ1n) is 5.96. The summed E-state index contributed by atoms with van der Waals surface area (Å²) in [5, 5.41) is 14.0. The van der Waals surface area contributed by atoms with E-state index >= 15 is 0 Å². The zero-order valence-corrected chi connectivity index (χ0v) is 10.0. The first-order valence-corrected chi connectivity index (χ1v) is 5.96. The van der Waals surface area contributed by atoms with Crippen molar-refractivity contribution in [3.8, 4) is 0 Å². The Morgan fingerprint density at radius 2 is 2.31 bits per heavy atom. The van der Waals surface area contributed by atoms with Crippen molar-refractivity contribution in [2.45, 2.75) is 32.3 Å². The highest BCUT2D eigenvalue weighted by Crippen LogP contribution is 2.33. The van der Waals surface area contributed by atoms with E-state index in [1.165, 1.54) is 0 Å². The van der Waals surface area contributed by atoms with Crippen LogP contribution < -0.4 is 5.32 Å². The van der Waals surface area contributed by atoms with Crippen LogP contribution in [0.2, 0.25) is 0 Å². The Morgan fingerprint density at radius 3 is 2.94 bits per heavy atom. The van der Waals surface area contributed by atoms with E-state index in [9.17, 15) is 5.11 Å². The van der Waals surface area contributed by atoms with Crippen molar-refractivity contribution >= 4 is 0 Å². The largest absolute Gasteiger partial charge is 0.385 e. The van der Waals surface area contributed by atoms with Gasteiger partial charge in [0.1, 0.15) is 0 Å². The van der Waals surface area contributed by atoms with E-state index in [4.69, 9.17) is 0 Å². The predicted octanol–water partition coefficient (Wildman–Crippen LogP) is 1.60. The maximum atomic E-state index is 10.7. The number of nitrogens with one attached hydrogen (secondary N) is 1. The summed E-state index contributed by atoms with van der Waals surface area (Å²) in [6, 6.07) is 2.03. The molecule has 2 heterocycles. The second kappa shape index (κ2) is 4.52. The summed E-state index contributed by atoms with van der Waals surface area (Å²) in [5.74, 6) is 0.282. The molecule has 0 bridgehead atoms. The van der Waals surface area contributed by atoms with Gasteiger partial charge in [0.2, 0.25) is 0 Å². The normalized spacial score (nSPS) is 25.1. The zero-order chi connectivity index (χ0) is 11.6. The minimum atomic E-state index is -0.771. The molecule has 1 fully saturated rings. The van der Waals surface area contributed by atoms with Crippen molar-refractivity contribution in [3.05, 3.63) is 29.6 Å². The third kappa shape index (κ3) is 2.25. The smallest absolute Gasteiger partial charge is 0.0923 e. The van der Waals surface area contributed by atoms with E-state index in [2.05, 4.69) is 10.3 Å². The van der Waals surface area contributed by atoms with Gasteiger partial charge in [-0.05, 0) is 38.8 Å². The summed E-state index contributed by atoms with van der Waals surface area (Å²) >= 11 is 0. The number of piperidine rings is 1. The Balaban J connectivity index is 2.22. The van der Waals surface area contributed by atoms with Crippen LogP contribution >= 0.6 is 0 Å². The first kappa shape index (κ1) is 11.6. The van der Waals surface area contributed by atoms with Gasteiger partial charge in [0.15, 0.2) is 0 Å². The molecule has 2 rings (SSSR count). The first-order chi connectivity index (χ1) is 7.60. The van der Waals surface area contributed by atoms with Gasteiger partial charge >= 0.3 is 0 Å². The van der Waals surface area contributed by atoms with Crippen molar-refractivity contribution in [1.82, 2.24) is 10.3 Å². The van der Waals surface area contributed by atoms with Gasteiger partial charge in [-0.1, -0.05) is 6.07 Å². The Morgan fingerprint density at radius 1 is 1.50 bits per heavy atom. The summed E-state index contributed by atoms with van der Waals surface area (Å²) < 4.78 is 0. The van der Waals surface area contributed by atoms with Crippen LogP contribution in [0.3, 0.4) is 0 Å². The molecule has 16 heavy (non-hydrogen) atoms. The van der Waals surface area contributed by atoms with Crippen LogP contribution in [0.1, 0.15) is 30.9 Å². The third-order valence-electron chi connectivity index (χ3n) is 3.55. The summed E-state index contributed by atoms with van der Waals surface area (Å²) in [6.07, 6.45) is 5.81. The average molecular weight is 220 g/mol. The van der Waals surface area contributed by atoms with Crippen molar-refractivity contribution in [1.29, 1.82) is 0 Å². The number of aryl methyl sites for hydroxylation is 1. The molecule has 88 valence electrons. The number of pyridine rings is 1. The zero-order valence-electron chi connectivity index (χ0n) is 10.0. The molecule has 3 nitrogen and oxygen atoms in total. The topological polar surface area (TPSA) is 45.2 Å². The molecule has 1 aliphatic heterocycles. The van der Waals surface area contributed by atoms with Crippen LogP contribution in [0.4, 0.5) is 0 Å². The lowest BCUT2D eigenvalue weighted by Gasteiger charge is -2.36. The third-order valence-corrected chi connectivity index (χ3v) is 3.55. The molecule has 1 aromatic heterocycles. The molecule has 0 amide bonds. The Hall–Kier alpha value is -0.930. The number of nitrogens with zero attached hydrogens (tertiary/aromatic N) is 1. The monoisotopic (exact) mass is 220 g/mol. The van der Waals surface area contributed by atoms with E-state index in [-0.39, 0.29) is 5.92 Å². The van der Waals surface area contributed by atoms with Gasteiger partial charge in [0.25, 0.3) is 0 Å². The fourth-order valence-electron chi connectivity index (χ4n) is 2.40. The van der Waals surface area contributed by atoms with Crippen LogP contribution in [-0.4, -0.2) is 23.2 Å². The molecule has 2 N–H and O–H groups in total. The molecule has 2 atom stereocenters. The summed E-state index contributed by atoms with van der Waals surface area (Å²) in [7, 11) is 0. The van der Waals surface area contributed by atoms with E-state index in [0.717, 1.165) is 37.1 Å². The van der Waals surface area contributed by atoms with E-state index in [0.29, 0.717) is 0 Å². The summed E-state index contributed by atoms with van der Waals surface area (Å²) in [6.45, 7) is 5.87. The van der Waals surface area contributed by atoms with Crippen LogP contribution in [0.25, 0.3) is 0 Å². The Kier molecular flexibility index (Phi) is 3.26. The molecule has 0 saturated carbocycles. The fraction of sp³-hybridized carbons (Fsp3) is 0.615. The Bertz CT molecular complexity index is 357. The van der Waals surface area contributed by atoms with Crippen molar-refractivity contribution in [2.24, 2.45) is 5.92 Å². The second-order valence-electron chi connectivity index (χ2n) is 4.94. The molecular weight excluding hydrogens is 200 g/mol. The van der Waals surface area contributed by atoms with E-state index in [1.807, 2.05) is 26.1 Å². The highest BCUT2D eigenvalue weighted by Gasteiger charge is 2.34. The molecule has 0 spiro atoms. The van der Waals surface area contributed by atoms with Crippen LogP contribution in [0.5, 0.6) is 0 Å². The second-order valence-corrected chi connectivity index (χ2v) is 4.94. The van der Waals surface area contributed by atoms with Crippen molar-refractivity contribution in [3.63, 3.8) is 0 Å². The van der Waals surface area contributed by atoms with Gasteiger partial charge in [-0.2, -0.15) is 0 Å². The Labute approximate surface area is 96.9 Å². The lowest BCUT2D eigenvalue weighted by atomic mass is 9.79. The van der Waals surface area contributed by atoms with Gasteiger partial charge in [0.05, 0.1) is 5.60 Å². The van der Waals surface area contributed by atoms with E-state index in [1.54, 1.807) is 6.20 Å².